The highest BCUT2D eigenvalue weighted by atomic mass is 35.5. The maximum absolute atomic E-state index is 11.4. The van der Waals surface area contributed by atoms with Crippen molar-refractivity contribution in [2.45, 2.75) is 51.4 Å². The van der Waals surface area contributed by atoms with Crippen molar-refractivity contribution in [1.82, 2.24) is 19.6 Å². The lowest BCUT2D eigenvalue weighted by atomic mass is 10.2. The Labute approximate surface area is 551 Å². The zero-order valence-corrected chi connectivity index (χ0v) is 55.2. The number of nitrogens with zero attached hydrogens (tertiary/aromatic N) is 4. The van der Waals surface area contributed by atoms with E-state index in [2.05, 4.69) is 0 Å². The van der Waals surface area contributed by atoms with Gasteiger partial charge in [-0.2, -0.15) is 0 Å². The molecule has 0 aromatic rings. The molecule has 0 radical (unpaired) electrons. The molecule has 0 bridgehead atoms. The van der Waals surface area contributed by atoms with Gasteiger partial charge in [0.15, 0.2) is 26.4 Å². The summed E-state index contributed by atoms with van der Waals surface area (Å²) in [5, 5.41) is -5.75. The van der Waals surface area contributed by atoms with E-state index >= 15 is 0 Å². The maximum atomic E-state index is 11.4. The Morgan fingerprint density at radius 3 is 0.966 bits per heavy atom. The molecule has 0 spiro atoms. The maximum Gasteiger partial charge on any atom is 0.250 e. The molecule has 0 aliphatic heterocycles. The highest BCUT2D eigenvalue weighted by Gasteiger charge is 2.30. The van der Waals surface area contributed by atoms with Crippen LogP contribution in [0, 0.1) is 0 Å². The highest BCUT2D eigenvalue weighted by Crippen LogP contribution is 2.16. The quantitative estimate of drug-likeness (QED) is 0.0278. The summed E-state index contributed by atoms with van der Waals surface area (Å²) in [5.41, 5.74) is 0. The molecule has 38 heteroatoms. The van der Waals surface area contributed by atoms with E-state index in [0.717, 1.165) is 0 Å². The number of carbonyl (C=O) groups is 8. The van der Waals surface area contributed by atoms with E-state index in [-0.39, 0.29) is 158 Å². The van der Waals surface area contributed by atoms with Crippen LogP contribution in [-0.2, 0) is 125 Å². The Hall–Kier alpha value is -1.20. The number of hydrogen-bond acceptors (Lipinski definition) is 30. The molecule has 0 saturated carbocycles. The van der Waals surface area contributed by atoms with Crippen molar-refractivity contribution in [3.05, 3.63) is 0 Å². The third-order valence-corrected chi connectivity index (χ3v) is 11.9. The Morgan fingerprint density at radius 2 is 0.602 bits per heavy atom. The molecule has 4 unspecified atom stereocenters. The van der Waals surface area contributed by atoms with Crippen LogP contribution in [0.5, 0.6) is 0 Å². The molecule has 0 aromatic heterocycles. The zero-order chi connectivity index (χ0) is 65.4. The second kappa shape index (κ2) is 60.7. The Balaban J connectivity index is 7.26. The van der Waals surface area contributed by atoms with Crippen LogP contribution in [0.15, 0.2) is 0 Å². The smallest absolute Gasteiger partial charge is 0.250 e. The van der Waals surface area contributed by atoms with E-state index in [1.54, 1.807) is 23.6 Å². The van der Waals surface area contributed by atoms with E-state index in [9.17, 15) is 38.4 Å². The van der Waals surface area contributed by atoms with Gasteiger partial charge in [0.1, 0.15) is 51.1 Å². The summed E-state index contributed by atoms with van der Waals surface area (Å²) in [5.74, 6) is 0. The van der Waals surface area contributed by atoms with Crippen LogP contribution in [0.1, 0.15) is 26.7 Å². The lowest BCUT2D eigenvalue weighted by Crippen LogP contribution is -2.49. The lowest BCUT2D eigenvalue weighted by Gasteiger charge is -2.36. The Kier molecular flexibility index (Phi) is 59.9. The number of hydrogen-bond donors (Lipinski definition) is 0. The fourth-order valence-electron chi connectivity index (χ4n) is 6.95. The van der Waals surface area contributed by atoms with E-state index in [4.69, 9.17) is 179 Å². The second-order valence-electron chi connectivity index (χ2n) is 17.8. The van der Waals surface area contributed by atoms with Gasteiger partial charge < -0.3 is 47.4 Å². The van der Waals surface area contributed by atoms with Crippen LogP contribution in [0.2, 0.25) is 0 Å². The number of carbonyl (C=O) groups excluding carboxylic acids is 8. The number of rotatable bonds is 69. The molecule has 30 nitrogen and oxygen atoms in total. The number of halogens is 8. The lowest BCUT2D eigenvalue weighted by molar-refractivity contribution is -0.300. The first kappa shape index (κ1) is 86.8. The SMILES string of the molecule is CC(OCC(OC(C)N(CCOOCC(=O)Cl)CCOOCC(=O)Cl)C(COCCN(CCCOCC(=O)Cl)CCOCCOCC(=O)Cl)OCCN(CCCOCC(=O)Cl)CCOCCOCC(=O)Cl)N(CCOOCC(=O)Cl)CCOOCC(=O)Cl. The minimum absolute atomic E-state index is 0.0614. The van der Waals surface area contributed by atoms with E-state index < -0.39 is 93.0 Å². The van der Waals surface area contributed by atoms with Gasteiger partial charge in [-0.05, 0) is 119 Å². The molecule has 0 aliphatic rings. The monoisotopic (exact) mass is 1430 g/mol. The van der Waals surface area contributed by atoms with Crippen LogP contribution in [0.25, 0.3) is 0 Å². The first-order valence-corrected chi connectivity index (χ1v) is 30.5. The minimum atomic E-state index is -0.997. The Bertz CT molecular complexity index is 1810. The van der Waals surface area contributed by atoms with Crippen molar-refractivity contribution in [1.29, 1.82) is 0 Å². The topological polar surface area (TPSA) is 316 Å². The van der Waals surface area contributed by atoms with Crippen LogP contribution in [0.3, 0.4) is 0 Å². The summed E-state index contributed by atoms with van der Waals surface area (Å²) < 4.78 is 59.2. The largest absolute Gasteiger partial charge is 0.378 e. The fraction of sp³-hybridized carbons (Fsp3) is 0.840. The summed E-state index contributed by atoms with van der Waals surface area (Å²) in [6, 6.07) is 0. The molecule has 0 aromatic carbocycles. The predicted molar refractivity (Wildman–Crippen MR) is 315 cm³/mol. The standard InChI is InChI=1S/C50H82Cl8N4O26/c1-39(61(11-21-80-84-35-47(55)67)12-22-81-85-36-48(56)68)79-30-42(88-40(2)62(13-23-82-86-37-49(57)69)14-24-83-87-38-50(58)70)41(78-20-10-60(6-4-16-74-32-44(52)64)8-18-72-26-28-77-34-46(54)66)29-75-19-9-59(5-3-15-73-31-43(51)63)7-17-71-25-27-76-33-45(53)65/h39-42H,3-38H2,1-2H3. The fourth-order valence-corrected chi connectivity index (χ4v) is 7.43. The van der Waals surface area contributed by atoms with Crippen LogP contribution >= 0.6 is 92.8 Å². The molecule has 0 amide bonds. The van der Waals surface area contributed by atoms with Gasteiger partial charge in [-0.1, -0.05) is 0 Å². The minimum Gasteiger partial charge on any atom is -0.378 e. The second-order valence-corrected chi connectivity index (χ2v) is 21.1. The van der Waals surface area contributed by atoms with Gasteiger partial charge in [0.25, 0.3) is 21.0 Å². The highest BCUT2D eigenvalue weighted by molar-refractivity contribution is 6.65. The first-order valence-electron chi connectivity index (χ1n) is 27.5. The first-order chi connectivity index (χ1) is 42.2. The third-order valence-electron chi connectivity index (χ3n) is 11.0. The van der Waals surface area contributed by atoms with E-state index in [1.165, 1.54) is 0 Å². The third kappa shape index (κ3) is 58.6. The van der Waals surface area contributed by atoms with Gasteiger partial charge in [-0.15, -0.1) is 0 Å². The molecule has 0 fully saturated rings. The van der Waals surface area contributed by atoms with Crippen LogP contribution in [0.4, 0.5) is 0 Å². The zero-order valence-electron chi connectivity index (χ0n) is 49.2. The van der Waals surface area contributed by atoms with Gasteiger partial charge in [-0.3, -0.25) is 58.0 Å². The van der Waals surface area contributed by atoms with Crippen molar-refractivity contribution >= 4 is 135 Å². The van der Waals surface area contributed by atoms with Crippen LogP contribution in [-0.4, -0.2) is 310 Å². The van der Waals surface area contributed by atoms with Gasteiger partial charge in [0.05, 0.1) is 92.5 Å². The summed E-state index contributed by atoms with van der Waals surface area (Å²) in [6.07, 6.45) is -2.55. The normalized spacial score (nSPS) is 13.2. The van der Waals surface area contributed by atoms with Crippen LogP contribution < -0.4 is 0 Å². The van der Waals surface area contributed by atoms with E-state index in [1.807, 2.05) is 9.80 Å². The molecule has 0 N–H and O–H groups in total. The summed E-state index contributed by atoms with van der Waals surface area (Å²) >= 11 is 43.3. The van der Waals surface area contributed by atoms with Gasteiger partial charge in [0.2, 0.25) is 21.0 Å². The molecule has 0 rings (SSSR count). The molecule has 514 valence electrons. The van der Waals surface area contributed by atoms with Crippen molar-refractivity contribution in [2.24, 2.45) is 0 Å². The summed E-state index contributed by atoms with van der Waals surface area (Å²) in [6.45, 7) is 4.21. The Morgan fingerprint density at radius 1 is 0.284 bits per heavy atom. The molecule has 0 aliphatic carbocycles. The summed E-state index contributed by atoms with van der Waals surface area (Å²) in [4.78, 5) is 138. The molecule has 4 atom stereocenters. The van der Waals surface area contributed by atoms with E-state index in [0.29, 0.717) is 52.1 Å². The predicted octanol–water partition coefficient (Wildman–Crippen LogP) is 2.49. The number of ether oxygens (including phenoxy) is 10. The average Bonchev–Trinajstić information content (AvgIpc) is 3.61. The molecule has 0 saturated heterocycles. The molecule has 88 heavy (non-hydrogen) atoms. The van der Waals surface area contributed by atoms with Crippen molar-refractivity contribution < 1.29 is 125 Å². The van der Waals surface area contributed by atoms with Crippen molar-refractivity contribution in [3.8, 4) is 0 Å². The van der Waals surface area contributed by atoms with Crippen molar-refractivity contribution in [2.75, 3.05) is 224 Å². The molecular formula is C50H82Cl8N4O26. The van der Waals surface area contributed by atoms with Gasteiger partial charge in [0, 0.05) is 78.7 Å². The van der Waals surface area contributed by atoms with Gasteiger partial charge >= 0.3 is 0 Å². The summed E-state index contributed by atoms with van der Waals surface area (Å²) in [7, 11) is 0. The molecular weight excluding hydrogens is 1360 g/mol. The van der Waals surface area contributed by atoms with Crippen molar-refractivity contribution in [3.63, 3.8) is 0 Å². The van der Waals surface area contributed by atoms with Gasteiger partial charge in [-0.25, -0.2) is 39.1 Å². The molecule has 0 heterocycles. The average molecular weight is 1440 g/mol.